The molecule has 13 heteroatoms. The number of hydrogen-bond acceptors (Lipinski definition) is 9. The molecule has 0 unspecified atom stereocenters. The maximum Gasteiger partial charge on any atom is 0.293 e. The molecule has 0 spiro atoms. The predicted octanol–water partition coefficient (Wildman–Crippen LogP) is 4.24. The van der Waals surface area contributed by atoms with Crippen LogP contribution in [-0.2, 0) is 17.1 Å². The zero-order valence-corrected chi connectivity index (χ0v) is 20.7. The molecule has 5 rings (SSSR count). The molecular weight excluding hydrogens is 505 g/mol. The van der Waals surface area contributed by atoms with E-state index in [-0.39, 0.29) is 34.6 Å². The van der Waals surface area contributed by atoms with Gasteiger partial charge in [0.05, 0.1) is 17.6 Å². The summed E-state index contributed by atoms with van der Waals surface area (Å²) in [5.74, 6) is 0.388. The molecule has 11 nitrogen and oxygen atoms in total. The minimum Gasteiger partial charge on any atom is -0.445 e. The molecule has 1 aromatic carbocycles. The van der Waals surface area contributed by atoms with E-state index in [1.165, 1.54) is 48.0 Å². The number of nitrogens with one attached hydrogen (secondary N) is 1. The molecule has 0 amide bonds. The zero-order chi connectivity index (χ0) is 26.3. The molecule has 0 radical (unpaired) electrons. The van der Waals surface area contributed by atoms with Crippen molar-refractivity contribution in [3.05, 3.63) is 70.9 Å². The van der Waals surface area contributed by atoms with Crippen molar-refractivity contribution in [3.63, 3.8) is 0 Å². The Balaban J connectivity index is 1.73. The first-order valence-electron chi connectivity index (χ1n) is 11.0. The highest BCUT2D eigenvalue weighted by molar-refractivity contribution is 7.92. The quantitative estimate of drug-likeness (QED) is 0.330. The Morgan fingerprint density at radius 3 is 2.54 bits per heavy atom. The number of furan rings is 1. The third-order valence-corrected chi connectivity index (χ3v) is 6.73. The van der Waals surface area contributed by atoms with Crippen LogP contribution < -0.4 is 15.0 Å². The van der Waals surface area contributed by atoms with Crippen LogP contribution in [0, 0.1) is 12.7 Å². The summed E-state index contributed by atoms with van der Waals surface area (Å²) >= 11 is 0. The van der Waals surface area contributed by atoms with Crippen LogP contribution in [-0.4, -0.2) is 33.9 Å². The van der Waals surface area contributed by atoms with E-state index in [2.05, 4.69) is 19.9 Å². The van der Waals surface area contributed by atoms with Gasteiger partial charge in [0.2, 0.25) is 27.4 Å². The minimum absolute atomic E-state index is 0.0122. The Bertz CT molecular complexity index is 1790. The van der Waals surface area contributed by atoms with E-state index in [9.17, 15) is 17.6 Å². The van der Waals surface area contributed by atoms with Gasteiger partial charge >= 0.3 is 0 Å². The van der Waals surface area contributed by atoms with Crippen molar-refractivity contribution in [2.24, 2.45) is 7.05 Å². The van der Waals surface area contributed by atoms with Gasteiger partial charge in [-0.3, -0.25) is 9.52 Å². The van der Waals surface area contributed by atoms with Gasteiger partial charge in [0.1, 0.15) is 11.6 Å². The molecule has 0 bridgehead atoms. The maximum atomic E-state index is 13.4. The normalized spacial score (nSPS) is 11.7. The number of rotatable bonds is 7. The van der Waals surface area contributed by atoms with Crippen molar-refractivity contribution in [3.8, 4) is 34.4 Å². The third-order valence-electron chi connectivity index (χ3n) is 5.42. The summed E-state index contributed by atoms with van der Waals surface area (Å²) in [6, 6.07) is 8.43. The number of benzene rings is 1. The van der Waals surface area contributed by atoms with Gasteiger partial charge in [-0.2, -0.15) is 0 Å². The summed E-state index contributed by atoms with van der Waals surface area (Å²) in [5.41, 5.74) is 0.568. The van der Waals surface area contributed by atoms with Crippen LogP contribution >= 0.6 is 0 Å². The fourth-order valence-corrected chi connectivity index (χ4v) is 4.21. The molecule has 0 fully saturated rings. The number of fused-ring (bicyclic) bond motifs is 1. The van der Waals surface area contributed by atoms with Gasteiger partial charge in [0.25, 0.3) is 11.4 Å². The summed E-state index contributed by atoms with van der Waals surface area (Å²) < 4.78 is 58.8. The summed E-state index contributed by atoms with van der Waals surface area (Å²) in [4.78, 5) is 17.2. The van der Waals surface area contributed by atoms with E-state index in [4.69, 9.17) is 13.6 Å². The summed E-state index contributed by atoms with van der Waals surface area (Å²) in [5, 5.41) is 8.12. The topological polar surface area (TPSA) is 142 Å². The van der Waals surface area contributed by atoms with Crippen molar-refractivity contribution >= 4 is 26.7 Å². The number of anilines is 1. The molecule has 5 aromatic rings. The van der Waals surface area contributed by atoms with E-state index in [1.807, 2.05) is 0 Å². The van der Waals surface area contributed by atoms with Gasteiger partial charge in [0.15, 0.2) is 5.76 Å². The Labute approximate surface area is 209 Å². The molecule has 190 valence electrons. The lowest BCUT2D eigenvalue weighted by molar-refractivity contribution is 0.463. The summed E-state index contributed by atoms with van der Waals surface area (Å²) in [6.07, 6.45) is 2.85. The lowest BCUT2D eigenvalue weighted by Crippen LogP contribution is -2.16. The van der Waals surface area contributed by atoms with Crippen molar-refractivity contribution < 1.29 is 26.4 Å². The van der Waals surface area contributed by atoms with Crippen LogP contribution in [0.1, 0.15) is 12.8 Å². The lowest BCUT2D eigenvalue weighted by atomic mass is 10.0. The number of sulfonamides is 1. The maximum absolute atomic E-state index is 13.4. The second-order valence-corrected chi connectivity index (χ2v) is 10.1. The van der Waals surface area contributed by atoms with E-state index in [1.54, 1.807) is 26.2 Å². The Hall–Kier alpha value is -4.52. The van der Waals surface area contributed by atoms with E-state index < -0.39 is 21.4 Å². The third kappa shape index (κ3) is 4.80. The summed E-state index contributed by atoms with van der Waals surface area (Å²) in [6.45, 7) is 3.13. The first-order valence-corrected chi connectivity index (χ1v) is 12.7. The van der Waals surface area contributed by atoms with Gasteiger partial charge in [-0.1, -0.05) is 0 Å². The number of aromatic nitrogens is 4. The largest absolute Gasteiger partial charge is 0.445 e. The standard InChI is InChI=1S/C24H20FN5O6S/c1-4-37(32,33)29-15-9-18(22(26-11-15)35-16-7-5-14(25)6-8-16)19-12-30(3)24(31)21-17(19)10-20(36-21)23-28-27-13(2)34-23/h5-12,29H,4H2,1-3H3. The van der Waals surface area contributed by atoms with Crippen molar-refractivity contribution in [1.82, 2.24) is 19.7 Å². The Kier molecular flexibility index (Phi) is 5.99. The fraction of sp³-hybridized carbons (Fsp3) is 0.167. The van der Waals surface area contributed by atoms with Gasteiger partial charge in [-0.05, 0) is 43.3 Å². The molecule has 0 aliphatic carbocycles. The van der Waals surface area contributed by atoms with E-state index in [0.29, 0.717) is 28.2 Å². The van der Waals surface area contributed by atoms with Gasteiger partial charge in [-0.15, -0.1) is 10.2 Å². The lowest BCUT2D eigenvalue weighted by Gasteiger charge is -2.14. The predicted molar refractivity (Wildman–Crippen MR) is 132 cm³/mol. The molecule has 0 saturated carbocycles. The monoisotopic (exact) mass is 525 g/mol. The van der Waals surface area contributed by atoms with Crippen LogP contribution in [0.5, 0.6) is 11.6 Å². The van der Waals surface area contributed by atoms with Gasteiger partial charge < -0.3 is 18.1 Å². The first-order chi connectivity index (χ1) is 17.6. The smallest absolute Gasteiger partial charge is 0.293 e. The zero-order valence-electron chi connectivity index (χ0n) is 19.9. The highest BCUT2D eigenvalue weighted by atomic mass is 32.2. The van der Waals surface area contributed by atoms with Crippen LogP contribution in [0.4, 0.5) is 10.1 Å². The molecule has 1 N–H and O–H groups in total. The van der Waals surface area contributed by atoms with Gasteiger partial charge in [0, 0.05) is 36.7 Å². The fourth-order valence-electron chi connectivity index (χ4n) is 3.60. The average molecular weight is 526 g/mol. The Morgan fingerprint density at radius 1 is 1.11 bits per heavy atom. The number of aryl methyl sites for hydroxylation is 2. The number of pyridine rings is 2. The van der Waals surface area contributed by atoms with Crippen LogP contribution in [0.15, 0.2) is 62.4 Å². The molecule has 0 atom stereocenters. The second kappa shape index (κ2) is 9.17. The second-order valence-electron chi connectivity index (χ2n) is 8.08. The first kappa shape index (κ1) is 24.2. The van der Waals surface area contributed by atoms with Crippen molar-refractivity contribution in [1.29, 1.82) is 0 Å². The van der Waals surface area contributed by atoms with Crippen LogP contribution in [0.3, 0.4) is 0 Å². The number of nitrogens with zero attached hydrogens (tertiary/aromatic N) is 4. The van der Waals surface area contributed by atoms with E-state index in [0.717, 1.165) is 0 Å². The van der Waals surface area contributed by atoms with Gasteiger partial charge in [-0.25, -0.2) is 17.8 Å². The van der Waals surface area contributed by atoms with Crippen molar-refractivity contribution in [2.45, 2.75) is 13.8 Å². The van der Waals surface area contributed by atoms with Crippen molar-refractivity contribution in [2.75, 3.05) is 10.5 Å². The number of ether oxygens (including phenoxy) is 1. The van der Waals surface area contributed by atoms with E-state index >= 15 is 0 Å². The number of halogens is 1. The molecular formula is C24H20FN5O6S. The van der Waals surface area contributed by atoms with Crippen LogP contribution in [0.25, 0.3) is 33.7 Å². The average Bonchev–Trinajstić information content (AvgIpc) is 3.50. The number of hydrogen-bond donors (Lipinski definition) is 1. The Morgan fingerprint density at radius 2 is 1.86 bits per heavy atom. The molecule has 0 aliphatic heterocycles. The van der Waals surface area contributed by atoms with Crippen LogP contribution in [0.2, 0.25) is 0 Å². The SMILES string of the molecule is CCS(=O)(=O)Nc1cnc(Oc2ccc(F)cc2)c(-c2cn(C)c(=O)c3oc(-c4nnc(C)o4)cc23)c1. The molecule has 0 saturated heterocycles. The highest BCUT2D eigenvalue weighted by Crippen LogP contribution is 2.39. The molecule has 4 heterocycles. The molecule has 37 heavy (non-hydrogen) atoms. The molecule has 0 aliphatic rings. The minimum atomic E-state index is -3.61. The highest BCUT2D eigenvalue weighted by Gasteiger charge is 2.22. The molecule has 4 aromatic heterocycles. The summed E-state index contributed by atoms with van der Waals surface area (Å²) in [7, 11) is -2.07.